The Labute approximate surface area is 121 Å². The molecule has 104 valence electrons. The maximum Gasteiger partial charge on any atom is 0.197 e. The second-order valence-electron chi connectivity index (χ2n) is 4.77. The number of nitrogen functional groups attached to an aromatic ring is 2. The number of hydrogen-bond donors (Lipinski definition) is 4. The summed E-state index contributed by atoms with van der Waals surface area (Å²) in [5.41, 5.74) is 14.6. The van der Waals surface area contributed by atoms with Crippen molar-refractivity contribution in [3.63, 3.8) is 0 Å². The molecule has 0 unspecified atom stereocenters. The van der Waals surface area contributed by atoms with E-state index in [0.29, 0.717) is 5.56 Å². The number of nitrogens with zero attached hydrogens (tertiary/aromatic N) is 1. The van der Waals surface area contributed by atoms with Crippen molar-refractivity contribution >= 4 is 22.7 Å². The molecule has 1 heterocycles. The molecule has 3 aromatic rings. The lowest BCUT2D eigenvalue weighted by atomic mass is 10.1. The lowest BCUT2D eigenvalue weighted by molar-refractivity contribution is 1.15. The summed E-state index contributed by atoms with van der Waals surface area (Å²) in [4.78, 5) is 0. The molecule has 5 heteroatoms. The van der Waals surface area contributed by atoms with Crippen molar-refractivity contribution in [2.45, 2.75) is 0 Å². The third-order valence-corrected chi connectivity index (χ3v) is 3.45. The highest BCUT2D eigenvalue weighted by atomic mass is 15.1. The van der Waals surface area contributed by atoms with Crippen LogP contribution in [0.25, 0.3) is 22.2 Å². The van der Waals surface area contributed by atoms with Gasteiger partial charge in [0.1, 0.15) is 5.84 Å². The average Bonchev–Trinajstić information content (AvgIpc) is 2.87. The Morgan fingerprint density at radius 2 is 1.62 bits per heavy atom. The lowest BCUT2D eigenvalue weighted by Crippen LogP contribution is -2.21. The summed E-state index contributed by atoms with van der Waals surface area (Å²) < 4.78 is 1.66. The molecule has 0 spiro atoms. The maximum atomic E-state index is 7.86. The zero-order chi connectivity index (χ0) is 15.0. The molecule has 0 amide bonds. The summed E-state index contributed by atoms with van der Waals surface area (Å²) in [7, 11) is 0. The van der Waals surface area contributed by atoms with Gasteiger partial charge in [-0.15, -0.1) is 0 Å². The molecule has 0 aliphatic heterocycles. The molecule has 0 bridgehead atoms. The molecule has 5 nitrogen and oxygen atoms in total. The van der Waals surface area contributed by atoms with Crippen molar-refractivity contribution in [2.24, 2.45) is 11.5 Å². The Morgan fingerprint density at radius 1 is 0.905 bits per heavy atom. The fraction of sp³-hybridized carbons (Fsp3) is 0. The van der Waals surface area contributed by atoms with Crippen LogP contribution in [0.4, 0.5) is 0 Å². The Balaban J connectivity index is 2.40. The van der Waals surface area contributed by atoms with Crippen LogP contribution in [0.2, 0.25) is 0 Å². The van der Waals surface area contributed by atoms with E-state index in [4.69, 9.17) is 22.3 Å². The SMILES string of the molecule is N=C(N)c1cccc2c1cc(-c1ccccc1)n2C(=N)N. The molecule has 0 atom stereocenters. The van der Waals surface area contributed by atoms with Crippen LogP contribution in [0.1, 0.15) is 5.56 Å². The largest absolute Gasteiger partial charge is 0.384 e. The van der Waals surface area contributed by atoms with Crippen LogP contribution in [-0.4, -0.2) is 16.4 Å². The molecule has 0 aliphatic carbocycles. The summed E-state index contributed by atoms with van der Waals surface area (Å²) in [6.45, 7) is 0. The van der Waals surface area contributed by atoms with Crippen molar-refractivity contribution in [1.82, 2.24) is 4.57 Å². The second kappa shape index (κ2) is 4.79. The summed E-state index contributed by atoms with van der Waals surface area (Å²) in [6.07, 6.45) is 0. The minimum atomic E-state index is -0.0652. The van der Waals surface area contributed by atoms with Crippen LogP contribution in [-0.2, 0) is 0 Å². The lowest BCUT2D eigenvalue weighted by Gasteiger charge is -2.08. The summed E-state index contributed by atoms with van der Waals surface area (Å²) in [6, 6.07) is 17.1. The Hall–Kier alpha value is -3.08. The van der Waals surface area contributed by atoms with Gasteiger partial charge in [-0.25, -0.2) is 0 Å². The Bertz CT molecular complexity index is 846. The number of hydrogen-bond acceptors (Lipinski definition) is 2. The normalized spacial score (nSPS) is 10.7. The number of aromatic nitrogens is 1. The molecule has 0 aliphatic rings. The molecule has 2 aromatic carbocycles. The topological polar surface area (TPSA) is 105 Å². The molecule has 21 heavy (non-hydrogen) atoms. The zero-order valence-corrected chi connectivity index (χ0v) is 11.3. The molecular formula is C16H15N5. The van der Waals surface area contributed by atoms with Crippen molar-refractivity contribution in [3.8, 4) is 11.3 Å². The number of benzene rings is 2. The van der Waals surface area contributed by atoms with E-state index in [1.54, 1.807) is 10.6 Å². The average molecular weight is 277 g/mol. The van der Waals surface area contributed by atoms with E-state index in [2.05, 4.69) is 0 Å². The summed E-state index contributed by atoms with van der Waals surface area (Å²) in [5, 5.41) is 16.4. The second-order valence-corrected chi connectivity index (χ2v) is 4.77. The first-order valence-electron chi connectivity index (χ1n) is 6.48. The quantitative estimate of drug-likeness (QED) is 0.426. The smallest absolute Gasteiger partial charge is 0.197 e. The van der Waals surface area contributed by atoms with E-state index in [1.807, 2.05) is 48.5 Å². The maximum absolute atomic E-state index is 7.86. The van der Waals surface area contributed by atoms with Crippen molar-refractivity contribution < 1.29 is 0 Å². The Morgan fingerprint density at radius 3 is 2.24 bits per heavy atom. The van der Waals surface area contributed by atoms with Gasteiger partial charge in [-0.05, 0) is 17.7 Å². The van der Waals surface area contributed by atoms with Crippen molar-refractivity contribution in [1.29, 1.82) is 10.8 Å². The van der Waals surface area contributed by atoms with E-state index in [1.165, 1.54) is 0 Å². The van der Waals surface area contributed by atoms with Crippen LogP contribution in [0.15, 0.2) is 54.6 Å². The van der Waals surface area contributed by atoms with Gasteiger partial charge in [0.15, 0.2) is 5.96 Å². The van der Waals surface area contributed by atoms with Gasteiger partial charge >= 0.3 is 0 Å². The fourth-order valence-corrected chi connectivity index (χ4v) is 2.55. The monoisotopic (exact) mass is 277 g/mol. The van der Waals surface area contributed by atoms with Gasteiger partial charge in [-0.1, -0.05) is 42.5 Å². The van der Waals surface area contributed by atoms with Gasteiger partial charge in [-0.2, -0.15) is 0 Å². The van der Waals surface area contributed by atoms with Gasteiger partial charge in [-0.3, -0.25) is 15.4 Å². The van der Waals surface area contributed by atoms with E-state index in [0.717, 1.165) is 22.2 Å². The number of amidine groups is 1. The minimum Gasteiger partial charge on any atom is -0.384 e. The molecule has 0 radical (unpaired) electrons. The molecular weight excluding hydrogens is 262 g/mol. The van der Waals surface area contributed by atoms with Crippen LogP contribution >= 0.6 is 0 Å². The van der Waals surface area contributed by atoms with Crippen LogP contribution < -0.4 is 11.5 Å². The first-order chi connectivity index (χ1) is 10.1. The van der Waals surface area contributed by atoms with Crippen LogP contribution in [0, 0.1) is 10.8 Å². The first kappa shape index (κ1) is 12.9. The fourth-order valence-electron chi connectivity index (χ4n) is 2.55. The summed E-state index contributed by atoms with van der Waals surface area (Å²) >= 11 is 0. The van der Waals surface area contributed by atoms with E-state index in [9.17, 15) is 0 Å². The van der Waals surface area contributed by atoms with Crippen LogP contribution in [0.5, 0.6) is 0 Å². The Kier molecular flexibility index (Phi) is 2.95. The molecule has 3 rings (SSSR count). The minimum absolute atomic E-state index is 0.000846. The zero-order valence-electron chi connectivity index (χ0n) is 11.3. The first-order valence-corrected chi connectivity index (χ1v) is 6.48. The molecule has 0 saturated heterocycles. The summed E-state index contributed by atoms with van der Waals surface area (Å²) in [5.74, 6) is -0.0644. The van der Waals surface area contributed by atoms with Crippen molar-refractivity contribution in [3.05, 3.63) is 60.2 Å². The molecule has 0 saturated carbocycles. The van der Waals surface area contributed by atoms with E-state index >= 15 is 0 Å². The predicted molar refractivity (Wildman–Crippen MR) is 85.7 cm³/mol. The number of fused-ring (bicyclic) bond motifs is 1. The van der Waals surface area contributed by atoms with Gasteiger partial charge in [0.05, 0.1) is 11.2 Å². The van der Waals surface area contributed by atoms with Crippen LogP contribution in [0.3, 0.4) is 0 Å². The highest BCUT2D eigenvalue weighted by Crippen LogP contribution is 2.29. The highest BCUT2D eigenvalue weighted by molar-refractivity contribution is 6.10. The van der Waals surface area contributed by atoms with Gasteiger partial charge in [0, 0.05) is 10.9 Å². The van der Waals surface area contributed by atoms with Crippen molar-refractivity contribution in [2.75, 3.05) is 0 Å². The predicted octanol–water partition coefficient (Wildman–Crippen LogP) is 2.33. The molecule has 6 N–H and O–H groups in total. The third-order valence-electron chi connectivity index (χ3n) is 3.45. The number of nitrogens with one attached hydrogen (secondary N) is 2. The van der Waals surface area contributed by atoms with Gasteiger partial charge < -0.3 is 11.5 Å². The van der Waals surface area contributed by atoms with Gasteiger partial charge in [0.25, 0.3) is 0 Å². The van der Waals surface area contributed by atoms with Gasteiger partial charge in [0.2, 0.25) is 0 Å². The highest BCUT2D eigenvalue weighted by Gasteiger charge is 2.15. The molecule has 1 aromatic heterocycles. The van der Waals surface area contributed by atoms with E-state index < -0.39 is 0 Å². The standard InChI is InChI=1S/C16H15N5/c17-15(18)11-7-4-8-13-12(11)9-14(21(13)16(19)20)10-5-2-1-3-6-10/h1-9H,(H3,17,18)(H3,19,20). The number of rotatable bonds is 2. The third kappa shape index (κ3) is 2.04. The van der Waals surface area contributed by atoms with E-state index in [-0.39, 0.29) is 11.8 Å². The molecule has 0 fully saturated rings. The number of nitrogens with two attached hydrogens (primary N) is 2.